The van der Waals surface area contributed by atoms with E-state index in [1.165, 1.54) is 23.5 Å². The highest BCUT2D eigenvalue weighted by atomic mass is 32.2. The number of aliphatic carboxylic acids is 1. The number of hydrogen-bond acceptors (Lipinski definition) is 6. The molecule has 0 saturated heterocycles. The molecule has 2 N–H and O–H groups in total. The molecule has 0 spiro atoms. The summed E-state index contributed by atoms with van der Waals surface area (Å²) in [4.78, 5) is 38.1. The van der Waals surface area contributed by atoms with Crippen LogP contribution in [-0.2, 0) is 16.0 Å². The number of aryl methyl sites for hydroxylation is 1. The molecule has 2 aromatic carbocycles. The summed E-state index contributed by atoms with van der Waals surface area (Å²) in [5.41, 5.74) is 0.878. The van der Waals surface area contributed by atoms with Crippen LogP contribution in [0, 0.1) is 0 Å². The third kappa shape index (κ3) is 7.33. The largest absolute Gasteiger partial charge is 0.573 e. The molecule has 0 bridgehead atoms. The molecule has 1 amide bonds. The Bertz CT molecular complexity index is 1190. The van der Waals surface area contributed by atoms with Crippen molar-refractivity contribution in [2.75, 3.05) is 11.1 Å². The number of halogens is 3. The SMILES string of the molecule is CCc1cc(C(=O)c2ccc(OC(F)(F)F)cc2)c(NC(=O)CSC(C(=O)O)c2ccccc2)s1. The van der Waals surface area contributed by atoms with Crippen molar-refractivity contribution in [2.45, 2.75) is 25.0 Å². The van der Waals surface area contributed by atoms with Crippen LogP contribution >= 0.6 is 23.1 Å². The van der Waals surface area contributed by atoms with E-state index in [2.05, 4.69) is 10.1 Å². The van der Waals surface area contributed by atoms with E-state index >= 15 is 0 Å². The summed E-state index contributed by atoms with van der Waals surface area (Å²) in [6.07, 6.45) is -4.24. The lowest BCUT2D eigenvalue weighted by atomic mass is 10.0. The molecule has 0 aliphatic carbocycles. The Kier molecular flexibility index (Phi) is 8.57. The number of thiophene rings is 1. The van der Waals surface area contributed by atoms with Crippen LogP contribution in [0.15, 0.2) is 60.7 Å². The average Bonchev–Trinajstić information content (AvgIpc) is 3.21. The number of ketones is 1. The normalized spacial score (nSPS) is 12.1. The van der Waals surface area contributed by atoms with Gasteiger partial charge in [-0.15, -0.1) is 36.3 Å². The van der Waals surface area contributed by atoms with Crippen LogP contribution < -0.4 is 10.1 Å². The van der Waals surface area contributed by atoms with Crippen molar-refractivity contribution in [3.05, 3.63) is 82.2 Å². The minimum atomic E-state index is -4.84. The minimum absolute atomic E-state index is 0.125. The molecular weight excluding hydrogens is 503 g/mol. The van der Waals surface area contributed by atoms with E-state index in [1.807, 2.05) is 6.92 Å². The predicted molar refractivity (Wildman–Crippen MR) is 128 cm³/mol. The Morgan fingerprint density at radius 2 is 1.74 bits per heavy atom. The second kappa shape index (κ2) is 11.4. The number of anilines is 1. The van der Waals surface area contributed by atoms with Gasteiger partial charge in [-0.25, -0.2) is 0 Å². The number of benzene rings is 2. The highest BCUT2D eigenvalue weighted by Crippen LogP contribution is 2.33. The fourth-order valence-electron chi connectivity index (χ4n) is 3.10. The minimum Gasteiger partial charge on any atom is -0.480 e. The molecule has 184 valence electrons. The van der Waals surface area contributed by atoms with Gasteiger partial charge in [0.15, 0.2) is 5.78 Å². The van der Waals surface area contributed by atoms with Gasteiger partial charge in [0.25, 0.3) is 0 Å². The number of thioether (sulfide) groups is 1. The summed E-state index contributed by atoms with van der Waals surface area (Å²) < 4.78 is 40.9. The quantitative estimate of drug-likeness (QED) is 0.320. The van der Waals surface area contributed by atoms with E-state index in [0.717, 1.165) is 28.8 Å². The lowest BCUT2D eigenvalue weighted by Gasteiger charge is -2.12. The van der Waals surface area contributed by atoms with E-state index < -0.39 is 35.0 Å². The van der Waals surface area contributed by atoms with Crippen LogP contribution in [0.2, 0.25) is 0 Å². The Balaban J connectivity index is 1.73. The second-order valence-electron chi connectivity index (χ2n) is 7.20. The second-order valence-corrected chi connectivity index (χ2v) is 9.43. The fourth-order valence-corrected chi connectivity index (χ4v) is 4.99. The summed E-state index contributed by atoms with van der Waals surface area (Å²) >= 11 is 2.15. The molecule has 6 nitrogen and oxygen atoms in total. The summed E-state index contributed by atoms with van der Waals surface area (Å²) in [5, 5.41) is 11.6. The fraction of sp³-hybridized carbons (Fsp3) is 0.208. The molecule has 3 rings (SSSR count). The first kappa shape index (κ1) is 26.3. The van der Waals surface area contributed by atoms with E-state index in [0.29, 0.717) is 17.0 Å². The average molecular weight is 524 g/mol. The Morgan fingerprint density at radius 1 is 1.09 bits per heavy atom. The number of hydrogen-bond donors (Lipinski definition) is 2. The lowest BCUT2D eigenvalue weighted by molar-refractivity contribution is -0.274. The van der Waals surface area contributed by atoms with Crippen LogP contribution in [0.5, 0.6) is 5.75 Å². The van der Waals surface area contributed by atoms with Crippen molar-refractivity contribution in [1.29, 1.82) is 0 Å². The highest BCUT2D eigenvalue weighted by Gasteiger charge is 2.31. The monoisotopic (exact) mass is 523 g/mol. The maximum absolute atomic E-state index is 13.0. The summed E-state index contributed by atoms with van der Waals surface area (Å²) in [7, 11) is 0. The van der Waals surface area contributed by atoms with Gasteiger partial charge in [0.05, 0.1) is 11.3 Å². The Morgan fingerprint density at radius 3 is 2.31 bits per heavy atom. The third-order valence-corrected chi connectivity index (χ3v) is 7.12. The molecule has 1 unspecified atom stereocenters. The van der Waals surface area contributed by atoms with Gasteiger partial charge < -0.3 is 15.2 Å². The number of alkyl halides is 3. The van der Waals surface area contributed by atoms with Gasteiger partial charge in [-0.2, -0.15) is 0 Å². The molecule has 1 atom stereocenters. The molecule has 35 heavy (non-hydrogen) atoms. The van der Waals surface area contributed by atoms with Gasteiger partial charge in [0.1, 0.15) is 16.0 Å². The van der Waals surface area contributed by atoms with Gasteiger partial charge >= 0.3 is 12.3 Å². The number of ether oxygens (including phenoxy) is 1. The molecular formula is C24H20F3NO5S2. The molecule has 1 aromatic heterocycles. The topological polar surface area (TPSA) is 92.7 Å². The number of carboxylic acid groups (broad SMARTS) is 1. The first-order chi connectivity index (χ1) is 16.6. The molecule has 0 fully saturated rings. The molecule has 1 heterocycles. The molecule has 0 saturated carbocycles. The van der Waals surface area contributed by atoms with Crippen molar-refractivity contribution in [2.24, 2.45) is 0 Å². The number of nitrogens with one attached hydrogen (secondary N) is 1. The molecule has 0 aliphatic heterocycles. The van der Waals surface area contributed by atoms with Crippen molar-refractivity contribution in [3.63, 3.8) is 0 Å². The summed E-state index contributed by atoms with van der Waals surface area (Å²) in [5.74, 6) is -2.65. The smallest absolute Gasteiger partial charge is 0.480 e. The van der Waals surface area contributed by atoms with Crippen LogP contribution in [-0.4, -0.2) is 34.9 Å². The zero-order valence-corrected chi connectivity index (χ0v) is 19.9. The molecule has 11 heteroatoms. The van der Waals surface area contributed by atoms with Gasteiger partial charge in [0.2, 0.25) is 5.91 Å². The van der Waals surface area contributed by atoms with Crippen molar-refractivity contribution >= 4 is 45.8 Å². The van der Waals surface area contributed by atoms with Gasteiger partial charge in [-0.3, -0.25) is 14.4 Å². The first-order valence-electron chi connectivity index (χ1n) is 10.3. The van der Waals surface area contributed by atoms with Gasteiger partial charge in [-0.1, -0.05) is 37.3 Å². The maximum atomic E-state index is 13.0. The van der Waals surface area contributed by atoms with Crippen LogP contribution in [0.3, 0.4) is 0 Å². The zero-order valence-electron chi connectivity index (χ0n) is 18.3. The van der Waals surface area contributed by atoms with Crippen molar-refractivity contribution in [1.82, 2.24) is 0 Å². The first-order valence-corrected chi connectivity index (χ1v) is 12.2. The Hall–Kier alpha value is -3.31. The third-order valence-electron chi connectivity index (χ3n) is 4.69. The lowest BCUT2D eigenvalue weighted by Crippen LogP contribution is -2.18. The van der Waals surface area contributed by atoms with E-state index in [4.69, 9.17) is 0 Å². The standard InChI is InChI=1S/C24H20F3NO5S2/c1-2-17-12-18(20(30)14-8-10-16(11-9-14)33-24(25,26)27)22(35-17)28-19(29)13-34-21(23(31)32)15-6-4-3-5-7-15/h3-12,21H,2,13H2,1H3,(H,28,29)(H,31,32). The highest BCUT2D eigenvalue weighted by molar-refractivity contribution is 8.00. The Labute approximate surface area is 207 Å². The maximum Gasteiger partial charge on any atom is 0.573 e. The predicted octanol–water partition coefficient (Wildman–Crippen LogP) is 5.94. The van der Waals surface area contributed by atoms with Crippen molar-refractivity contribution < 1.29 is 37.4 Å². The number of amides is 1. The zero-order chi connectivity index (χ0) is 25.6. The number of carbonyl (C=O) groups is 3. The van der Waals surface area contributed by atoms with Crippen molar-refractivity contribution in [3.8, 4) is 5.75 Å². The van der Waals surface area contributed by atoms with E-state index in [9.17, 15) is 32.7 Å². The molecule has 3 aromatic rings. The molecule has 0 aliphatic rings. The number of carboxylic acids is 1. The molecule has 0 radical (unpaired) electrons. The van der Waals surface area contributed by atoms with Gasteiger partial charge in [-0.05, 0) is 42.3 Å². The van der Waals surface area contributed by atoms with Gasteiger partial charge in [0, 0.05) is 10.4 Å². The van der Waals surface area contributed by atoms with E-state index in [-0.39, 0.29) is 16.9 Å². The summed E-state index contributed by atoms with van der Waals surface area (Å²) in [6, 6.07) is 14.6. The van der Waals surface area contributed by atoms with Crippen LogP contribution in [0.1, 0.15) is 38.5 Å². The van der Waals surface area contributed by atoms with E-state index in [1.54, 1.807) is 36.4 Å². The summed E-state index contributed by atoms with van der Waals surface area (Å²) in [6.45, 7) is 1.88. The number of rotatable bonds is 10. The van der Waals surface area contributed by atoms with Crippen LogP contribution in [0.4, 0.5) is 18.2 Å². The number of carbonyl (C=O) groups excluding carboxylic acids is 2. The van der Waals surface area contributed by atoms with Crippen LogP contribution in [0.25, 0.3) is 0 Å².